The third-order valence-corrected chi connectivity index (χ3v) is 11.2. The number of nitrogens with zero attached hydrogens (tertiary/aromatic N) is 5. The van der Waals surface area contributed by atoms with Crippen molar-refractivity contribution in [3.8, 4) is 11.8 Å². The number of carbonyl (C=O) groups is 6. The van der Waals surface area contributed by atoms with E-state index < -0.39 is 24.0 Å². The van der Waals surface area contributed by atoms with Crippen molar-refractivity contribution in [3.63, 3.8) is 0 Å². The van der Waals surface area contributed by atoms with Crippen molar-refractivity contribution in [3.05, 3.63) is 65.0 Å². The van der Waals surface area contributed by atoms with Gasteiger partial charge in [0.15, 0.2) is 0 Å². The van der Waals surface area contributed by atoms with Crippen LogP contribution in [0.2, 0.25) is 0 Å². The number of aromatic nitrogens is 1. The Labute approximate surface area is 303 Å². The van der Waals surface area contributed by atoms with E-state index in [4.69, 9.17) is 5.73 Å². The molecule has 13 nitrogen and oxygen atoms in total. The molecule has 5 aliphatic rings. The summed E-state index contributed by atoms with van der Waals surface area (Å²) in [4.78, 5) is 88.3. The number of pyridine rings is 1. The van der Waals surface area contributed by atoms with Gasteiger partial charge in [0.2, 0.25) is 29.5 Å². The van der Waals surface area contributed by atoms with Crippen LogP contribution >= 0.6 is 0 Å². The Hall–Kier alpha value is -5.09. The number of rotatable bonds is 8. The number of hydrogen-bond donors (Lipinski definition) is 2. The zero-order valence-corrected chi connectivity index (χ0v) is 29.3. The van der Waals surface area contributed by atoms with E-state index in [-0.39, 0.29) is 61.0 Å². The number of carbonyl (C=O) groups excluding carboxylic acids is 6. The van der Waals surface area contributed by atoms with Crippen molar-refractivity contribution in [2.75, 3.05) is 26.2 Å². The number of likely N-dealkylation sites (tertiary alicyclic amines) is 1. The number of piperidine rings is 1. The van der Waals surface area contributed by atoms with E-state index in [0.717, 1.165) is 36.0 Å². The minimum absolute atomic E-state index is 0.0133. The topological polar surface area (TPSA) is 166 Å². The lowest BCUT2D eigenvalue weighted by Gasteiger charge is -2.43. The van der Waals surface area contributed by atoms with Gasteiger partial charge in [0.1, 0.15) is 18.1 Å². The summed E-state index contributed by atoms with van der Waals surface area (Å²) in [5.74, 6) is 5.40. The highest BCUT2D eigenvalue weighted by Gasteiger charge is 2.47. The monoisotopic (exact) mass is 707 g/mol. The SMILES string of the molecule is N[C@H]1CN(C(=O)CCCCCC#Cc2cccc3c2CN(C2CCC(=O)NC2=O)C3=O)CC[C@H]2CC[C@@H](C(=O)N3CC(c4cccnc4)C3)N2C1=O. The summed E-state index contributed by atoms with van der Waals surface area (Å²) in [6.07, 6.45) is 9.35. The van der Waals surface area contributed by atoms with Crippen molar-refractivity contribution in [1.29, 1.82) is 0 Å². The zero-order valence-electron chi connectivity index (χ0n) is 29.3. The number of imide groups is 1. The van der Waals surface area contributed by atoms with Crippen molar-refractivity contribution in [2.45, 2.75) is 101 Å². The predicted molar refractivity (Wildman–Crippen MR) is 189 cm³/mol. The number of benzene rings is 1. The molecule has 0 saturated carbocycles. The van der Waals surface area contributed by atoms with Crippen LogP contribution in [-0.2, 0) is 30.5 Å². The van der Waals surface area contributed by atoms with Crippen LogP contribution in [0.3, 0.4) is 0 Å². The zero-order chi connectivity index (χ0) is 36.4. The minimum Gasteiger partial charge on any atom is -0.341 e. The van der Waals surface area contributed by atoms with Gasteiger partial charge in [0.05, 0.1) is 0 Å². The molecule has 2 aromatic rings. The standard InChI is InChI=1S/C39H45N7O6/c40-31-24-43(19-17-28-13-14-33(46(28)38(31)51)39(52)44-21-27(22-44)26-10-7-18-41-20-26)35(48)12-5-3-1-2-4-8-25-9-6-11-29-30(25)23-45(37(29)50)32-15-16-34(47)42-36(32)49/h6-7,9-11,18,20,27-28,31-33H,1-3,5,12-17,19,21-24,40H2,(H,42,47,49)/t28-,31+,32?,33+/m1/s1. The summed E-state index contributed by atoms with van der Waals surface area (Å²) >= 11 is 0. The fourth-order valence-electron chi connectivity index (χ4n) is 8.25. The minimum atomic E-state index is -0.874. The van der Waals surface area contributed by atoms with Gasteiger partial charge < -0.3 is 25.3 Å². The van der Waals surface area contributed by atoms with Crippen LogP contribution in [-0.4, -0.2) is 110 Å². The highest BCUT2D eigenvalue weighted by atomic mass is 16.2. The fraction of sp³-hybridized carbons (Fsp3) is 0.513. The van der Waals surface area contributed by atoms with Crippen molar-refractivity contribution < 1.29 is 28.8 Å². The van der Waals surface area contributed by atoms with E-state index in [0.29, 0.717) is 63.7 Å². The Morgan fingerprint density at radius 2 is 1.79 bits per heavy atom. The quantitative estimate of drug-likeness (QED) is 0.238. The van der Waals surface area contributed by atoms with E-state index in [2.05, 4.69) is 22.1 Å². The maximum absolute atomic E-state index is 13.6. The predicted octanol–water partition coefficient (Wildman–Crippen LogP) is 1.69. The van der Waals surface area contributed by atoms with Crippen LogP contribution in [0, 0.1) is 11.8 Å². The van der Waals surface area contributed by atoms with Crippen LogP contribution in [0.1, 0.15) is 97.2 Å². The first-order chi connectivity index (χ1) is 25.2. The smallest absolute Gasteiger partial charge is 0.255 e. The average molecular weight is 708 g/mol. The van der Waals surface area contributed by atoms with Crippen LogP contribution in [0.5, 0.6) is 0 Å². The molecule has 7 rings (SSSR count). The Balaban J connectivity index is 0.848. The highest BCUT2D eigenvalue weighted by Crippen LogP contribution is 2.34. The molecule has 5 aliphatic heterocycles. The molecule has 52 heavy (non-hydrogen) atoms. The Morgan fingerprint density at radius 1 is 0.942 bits per heavy atom. The Morgan fingerprint density at radius 3 is 2.58 bits per heavy atom. The first kappa shape index (κ1) is 35.3. The molecule has 0 spiro atoms. The number of unbranched alkanes of at least 4 members (excludes halogenated alkanes) is 3. The van der Waals surface area contributed by atoms with Gasteiger partial charge in [0, 0.05) is 87.5 Å². The number of fused-ring (bicyclic) bond motifs is 2. The third kappa shape index (κ3) is 7.17. The first-order valence-corrected chi connectivity index (χ1v) is 18.5. The molecule has 1 unspecified atom stereocenters. The van der Waals surface area contributed by atoms with Gasteiger partial charge in [-0.2, -0.15) is 0 Å². The molecule has 272 valence electrons. The summed E-state index contributed by atoms with van der Waals surface area (Å²) in [6, 6.07) is 7.19. The lowest BCUT2D eigenvalue weighted by molar-refractivity contribution is -0.150. The van der Waals surface area contributed by atoms with Gasteiger partial charge in [-0.1, -0.05) is 30.4 Å². The van der Waals surface area contributed by atoms with Crippen LogP contribution < -0.4 is 11.1 Å². The van der Waals surface area contributed by atoms with Gasteiger partial charge in [-0.3, -0.25) is 39.1 Å². The molecular formula is C39H45N7O6. The van der Waals surface area contributed by atoms with Crippen molar-refractivity contribution >= 4 is 35.4 Å². The first-order valence-electron chi connectivity index (χ1n) is 18.5. The summed E-state index contributed by atoms with van der Waals surface area (Å²) in [6.45, 7) is 2.18. The van der Waals surface area contributed by atoms with Gasteiger partial charge in [-0.05, 0) is 67.9 Å². The lowest BCUT2D eigenvalue weighted by Crippen LogP contribution is -2.61. The van der Waals surface area contributed by atoms with Gasteiger partial charge in [0.25, 0.3) is 5.91 Å². The second-order valence-electron chi connectivity index (χ2n) is 14.5. The van der Waals surface area contributed by atoms with E-state index >= 15 is 0 Å². The van der Waals surface area contributed by atoms with Crippen molar-refractivity contribution in [1.82, 2.24) is 29.9 Å². The summed E-state index contributed by atoms with van der Waals surface area (Å²) in [5, 5.41) is 2.33. The second-order valence-corrected chi connectivity index (χ2v) is 14.5. The van der Waals surface area contributed by atoms with Crippen molar-refractivity contribution in [2.24, 2.45) is 5.73 Å². The normalized spacial score (nSPS) is 24.7. The molecule has 1 aromatic carbocycles. The molecule has 6 amide bonds. The number of nitrogens with two attached hydrogens (primary N) is 1. The average Bonchev–Trinajstić information content (AvgIpc) is 3.69. The third-order valence-electron chi connectivity index (χ3n) is 11.2. The fourth-order valence-corrected chi connectivity index (χ4v) is 8.25. The Kier molecular flexibility index (Phi) is 10.4. The molecule has 6 heterocycles. The van der Waals surface area contributed by atoms with E-state index in [9.17, 15) is 28.8 Å². The van der Waals surface area contributed by atoms with E-state index in [1.807, 2.05) is 29.3 Å². The maximum Gasteiger partial charge on any atom is 0.255 e. The highest BCUT2D eigenvalue weighted by molar-refractivity contribution is 6.05. The summed E-state index contributed by atoms with van der Waals surface area (Å²) in [5.41, 5.74) is 9.60. The van der Waals surface area contributed by atoms with Crippen LogP contribution in [0.15, 0.2) is 42.7 Å². The molecule has 4 fully saturated rings. The number of nitrogens with one attached hydrogen (secondary N) is 1. The lowest BCUT2D eigenvalue weighted by atomic mass is 9.92. The molecule has 0 aliphatic carbocycles. The molecule has 1 aromatic heterocycles. The van der Waals surface area contributed by atoms with Crippen LogP contribution in [0.4, 0.5) is 0 Å². The van der Waals surface area contributed by atoms with E-state index in [1.54, 1.807) is 28.1 Å². The van der Waals surface area contributed by atoms with Gasteiger partial charge >= 0.3 is 0 Å². The van der Waals surface area contributed by atoms with E-state index in [1.165, 1.54) is 4.90 Å². The molecular weight excluding hydrogens is 662 g/mol. The Bertz CT molecular complexity index is 1820. The largest absolute Gasteiger partial charge is 0.341 e. The van der Waals surface area contributed by atoms with Gasteiger partial charge in [-0.25, -0.2) is 0 Å². The molecule has 3 N–H and O–H groups in total. The second kappa shape index (κ2) is 15.3. The summed E-state index contributed by atoms with van der Waals surface area (Å²) < 4.78 is 0. The molecule has 0 bridgehead atoms. The summed E-state index contributed by atoms with van der Waals surface area (Å²) in [7, 11) is 0. The molecule has 4 saturated heterocycles. The maximum atomic E-state index is 13.6. The van der Waals surface area contributed by atoms with Gasteiger partial charge in [-0.15, -0.1) is 0 Å². The molecule has 4 atom stereocenters. The van der Waals surface area contributed by atoms with Crippen LogP contribution in [0.25, 0.3) is 0 Å². The number of hydrogen-bond acceptors (Lipinski definition) is 8. The molecule has 0 radical (unpaired) electrons. The molecule has 13 heteroatoms. The number of amides is 6.